The molecule has 1 unspecified atom stereocenters. The molecule has 0 saturated carbocycles. The summed E-state index contributed by atoms with van der Waals surface area (Å²) in [6, 6.07) is 4.76. The van der Waals surface area contributed by atoms with Crippen molar-refractivity contribution in [1.82, 2.24) is 4.90 Å². The molecule has 1 aromatic rings. The van der Waals surface area contributed by atoms with E-state index in [1.165, 1.54) is 0 Å². The minimum absolute atomic E-state index is 0.147. The summed E-state index contributed by atoms with van der Waals surface area (Å²) in [7, 11) is 0. The van der Waals surface area contributed by atoms with E-state index >= 15 is 0 Å². The molecule has 1 aliphatic heterocycles. The smallest absolute Gasteiger partial charge is 0.125 e. The number of nitrogens with two attached hydrogens (primary N) is 1. The van der Waals surface area contributed by atoms with Crippen LogP contribution in [-0.2, 0) is 11.3 Å². The lowest BCUT2D eigenvalue weighted by atomic mass is 10.1. The van der Waals surface area contributed by atoms with Gasteiger partial charge in [0, 0.05) is 25.7 Å². The van der Waals surface area contributed by atoms with E-state index in [0.717, 1.165) is 42.1 Å². The Hall–Kier alpha value is -1.10. The quantitative estimate of drug-likeness (QED) is 0.904. The molecule has 1 heterocycles. The molecular formula is C17H28N2O2. The van der Waals surface area contributed by atoms with Gasteiger partial charge in [0.25, 0.3) is 0 Å². The maximum atomic E-state index is 6.04. The predicted octanol–water partition coefficient (Wildman–Crippen LogP) is 2.25. The van der Waals surface area contributed by atoms with Crippen LogP contribution >= 0.6 is 0 Å². The Morgan fingerprint density at radius 3 is 2.57 bits per heavy atom. The van der Waals surface area contributed by atoms with E-state index in [0.29, 0.717) is 19.2 Å². The summed E-state index contributed by atoms with van der Waals surface area (Å²) < 4.78 is 11.9. The van der Waals surface area contributed by atoms with E-state index in [1.54, 1.807) is 0 Å². The molecule has 4 heteroatoms. The van der Waals surface area contributed by atoms with Gasteiger partial charge >= 0.3 is 0 Å². The molecule has 118 valence electrons. The van der Waals surface area contributed by atoms with Crippen molar-refractivity contribution in [2.24, 2.45) is 5.73 Å². The summed E-state index contributed by atoms with van der Waals surface area (Å²) in [6.07, 6.45) is 0.147. The van der Waals surface area contributed by atoms with E-state index in [9.17, 15) is 0 Å². The van der Waals surface area contributed by atoms with Crippen LogP contribution in [0.4, 0.5) is 0 Å². The Kier molecular flexibility index (Phi) is 5.62. The second-order valence-corrected chi connectivity index (χ2v) is 6.16. The largest absolute Gasteiger partial charge is 0.490 e. The molecule has 0 spiro atoms. The van der Waals surface area contributed by atoms with Gasteiger partial charge in [-0.1, -0.05) is 12.1 Å². The van der Waals surface area contributed by atoms with Crippen molar-refractivity contribution >= 4 is 0 Å². The zero-order chi connectivity index (χ0) is 15.4. The molecule has 1 aromatic carbocycles. The fraction of sp³-hybridized carbons (Fsp3) is 0.647. The standard InChI is InChI=1S/C17H28N2O2/c1-12(2)19-5-6-20-16(10-19)11-21-17-13(3)7-15(9-18)8-14(17)4/h7-8,12,16H,5-6,9-11,18H2,1-4H3. The monoisotopic (exact) mass is 292 g/mol. The van der Waals surface area contributed by atoms with Crippen molar-refractivity contribution in [2.75, 3.05) is 26.3 Å². The molecule has 21 heavy (non-hydrogen) atoms. The van der Waals surface area contributed by atoms with Gasteiger partial charge in [-0.15, -0.1) is 0 Å². The van der Waals surface area contributed by atoms with Gasteiger partial charge in [-0.05, 0) is 44.4 Å². The van der Waals surface area contributed by atoms with Crippen LogP contribution in [0.5, 0.6) is 5.75 Å². The Labute approximate surface area is 128 Å². The van der Waals surface area contributed by atoms with E-state index in [2.05, 4.69) is 44.7 Å². The first kappa shape index (κ1) is 16.3. The average molecular weight is 292 g/mol. The highest BCUT2D eigenvalue weighted by Crippen LogP contribution is 2.25. The van der Waals surface area contributed by atoms with Gasteiger partial charge in [0.1, 0.15) is 18.5 Å². The number of rotatable bonds is 5. The third kappa shape index (κ3) is 4.19. The van der Waals surface area contributed by atoms with Gasteiger partial charge in [-0.2, -0.15) is 0 Å². The maximum Gasteiger partial charge on any atom is 0.125 e. The summed E-state index contributed by atoms with van der Waals surface area (Å²) in [5.41, 5.74) is 9.15. The first-order valence-corrected chi connectivity index (χ1v) is 7.80. The molecule has 0 bridgehead atoms. The highest BCUT2D eigenvalue weighted by atomic mass is 16.5. The first-order chi connectivity index (χ1) is 10.0. The first-order valence-electron chi connectivity index (χ1n) is 7.80. The molecule has 0 radical (unpaired) electrons. The molecule has 0 aliphatic carbocycles. The molecular weight excluding hydrogens is 264 g/mol. The lowest BCUT2D eigenvalue weighted by Gasteiger charge is -2.35. The van der Waals surface area contributed by atoms with Crippen LogP contribution in [0.1, 0.15) is 30.5 Å². The third-order valence-corrected chi connectivity index (χ3v) is 4.07. The highest BCUT2D eigenvalue weighted by Gasteiger charge is 2.23. The van der Waals surface area contributed by atoms with Crippen molar-refractivity contribution in [1.29, 1.82) is 0 Å². The molecule has 0 aromatic heterocycles. The summed E-state index contributed by atoms with van der Waals surface area (Å²) in [6.45, 7) is 12.5. The molecule has 1 aliphatic rings. The van der Waals surface area contributed by atoms with Gasteiger partial charge in [0.2, 0.25) is 0 Å². The highest BCUT2D eigenvalue weighted by molar-refractivity contribution is 5.43. The van der Waals surface area contributed by atoms with E-state index in [1.807, 2.05) is 0 Å². The van der Waals surface area contributed by atoms with Gasteiger partial charge < -0.3 is 15.2 Å². The normalized spacial score (nSPS) is 20.0. The zero-order valence-corrected chi connectivity index (χ0v) is 13.7. The Morgan fingerprint density at radius 1 is 1.33 bits per heavy atom. The minimum Gasteiger partial charge on any atom is -0.490 e. The number of hydrogen-bond acceptors (Lipinski definition) is 4. The number of benzene rings is 1. The number of morpholine rings is 1. The fourth-order valence-corrected chi connectivity index (χ4v) is 2.87. The molecule has 2 N–H and O–H groups in total. The van der Waals surface area contributed by atoms with Crippen molar-refractivity contribution in [3.05, 3.63) is 28.8 Å². The number of aryl methyl sites for hydroxylation is 2. The SMILES string of the molecule is Cc1cc(CN)cc(C)c1OCC1CN(C(C)C)CCO1. The van der Waals surface area contributed by atoms with E-state index < -0.39 is 0 Å². The Balaban J connectivity index is 1.97. The van der Waals surface area contributed by atoms with Crippen molar-refractivity contribution in [2.45, 2.75) is 46.4 Å². The van der Waals surface area contributed by atoms with Crippen molar-refractivity contribution < 1.29 is 9.47 Å². The predicted molar refractivity (Wildman–Crippen MR) is 85.8 cm³/mol. The Bertz CT molecular complexity index is 451. The summed E-state index contributed by atoms with van der Waals surface area (Å²) >= 11 is 0. The average Bonchev–Trinajstić information content (AvgIpc) is 2.46. The van der Waals surface area contributed by atoms with Crippen LogP contribution in [0.3, 0.4) is 0 Å². The Morgan fingerprint density at radius 2 is 2.00 bits per heavy atom. The lowest BCUT2D eigenvalue weighted by Crippen LogP contribution is -2.47. The summed E-state index contributed by atoms with van der Waals surface area (Å²) in [5.74, 6) is 0.970. The number of ether oxygens (including phenoxy) is 2. The van der Waals surface area contributed by atoms with Crippen molar-refractivity contribution in [3.8, 4) is 5.75 Å². The number of nitrogens with zero attached hydrogens (tertiary/aromatic N) is 1. The third-order valence-electron chi connectivity index (χ3n) is 4.07. The zero-order valence-electron chi connectivity index (χ0n) is 13.7. The van der Waals surface area contributed by atoms with Crippen LogP contribution < -0.4 is 10.5 Å². The van der Waals surface area contributed by atoms with E-state index in [4.69, 9.17) is 15.2 Å². The maximum absolute atomic E-state index is 6.04. The van der Waals surface area contributed by atoms with Crippen LogP contribution in [0.2, 0.25) is 0 Å². The second-order valence-electron chi connectivity index (χ2n) is 6.16. The lowest BCUT2D eigenvalue weighted by molar-refractivity contribution is -0.0566. The minimum atomic E-state index is 0.147. The van der Waals surface area contributed by atoms with E-state index in [-0.39, 0.29) is 6.10 Å². The molecule has 0 amide bonds. The fourth-order valence-electron chi connectivity index (χ4n) is 2.87. The molecule has 2 rings (SSSR count). The van der Waals surface area contributed by atoms with Gasteiger partial charge in [0.05, 0.1) is 6.61 Å². The van der Waals surface area contributed by atoms with Crippen LogP contribution in [-0.4, -0.2) is 43.3 Å². The summed E-state index contributed by atoms with van der Waals surface area (Å²) in [5, 5.41) is 0. The second kappa shape index (κ2) is 7.25. The molecule has 1 fully saturated rings. The molecule has 1 atom stereocenters. The van der Waals surface area contributed by atoms with Crippen LogP contribution in [0, 0.1) is 13.8 Å². The van der Waals surface area contributed by atoms with Crippen molar-refractivity contribution in [3.63, 3.8) is 0 Å². The van der Waals surface area contributed by atoms with Crippen LogP contribution in [0.25, 0.3) is 0 Å². The molecule has 4 nitrogen and oxygen atoms in total. The van der Waals surface area contributed by atoms with Gasteiger partial charge in [-0.25, -0.2) is 0 Å². The van der Waals surface area contributed by atoms with Gasteiger partial charge in [-0.3, -0.25) is 4.90 Å². The summed E-state index contributed by atoms with van der Waals surface area (Å²) in [4.78, 5) is 2.44. The van der Waals surface area contributed by atoms with Gasteiger partial charge in [0.15, 0.2) is 0 Å². The van der Waals surface area contributed by atoms with Crippen LogP contribution in [0.15, 0.2) is 12.1 Å². The number of hydrogen-bond donors (Lipinski definition) is 1. The molecule has 1 saturated heterocycles. The topological polar surface area (TPSA) is 47.7 Å².